The van der Waals surface area contributed by atoms with E-state index in [1.807, 2.05) is 40.7 Å². The number of halogens is 1. The number of pyridine rings is 2. The van der Waals surface area contributed by atoms with Crippen molar-refractivity contribution in [2.45, 2.75) is 19.4 Å². The predicted octanol–water partition coefficient (Wildman–Crippen LogP) is 3.10. The molecule has 1 atom stereocenters. The molecule has 0 saturated carbocycles. The van der Waals surface area contributed by atoms with Gasteiger partial charge in [-0.2, -0.15) is 5.10 Å². The Balaban J connectivity index is 1.46. The second-order valence-electron chi connectivity index (χ2n) is 7.43. The third-order valence-electron chi connectivity index (χ3n) is 5.56. The number of aryl methyl sites for hydroxylation is 1. The molecule has 1 N–H and O–H groups in total. The van der Waals surface area contributed by atoms with Crippen molar-refractivity contribution in [2.24, 2.45) is 0 Å². The van der Waals surface area contributed by atoms with E-state index >= 15 is 0 Å². The van der Waals surface area contributed by atoms with Gasteiger partial charge in [0.1, 0.15) is 6.04 Å². The van der Waals surface area contributed by atoms with E-state index in [2.05, 4.69) is 25.1 Å². The Hall–Kier alpha value is -4.08. The van der Waals surface area contributed by atoms with Crippen LogP contribution in [0.1, 0.15) is 28.7 Å². The molecule has 0 amide bonds. The fraction of sp³-hybridized carbons (Fsp3) is 0.190. The largest absolute Gasteiger partial charge is 0.401 e. The summed E-state index contributed by atoms with van der Waals surface area (Å²) in [5.74, 6) is -0.483. The fourth-order valence-corrected chi connectivity index (χ4v) is 4.06. The lowest BCUT2D eigenvalue weighted by molar-refractivity contribution is 0.499. The maximum absolute atomic E-state index is 14.1. The fourth-order valence-electron chi connectivity index (χ4n) is 4.06. The number of rotatable bonds is 3. The Morgan fingerprint density at radius 2 is 2.13 bits per heavy atom. The van der Waals surface area contributed by atoms with Gasteiger partial charge in [-0.25, -0.2) is 18.9 Å². The molecule has 1 aliphatic heterocycles. The molecule has 9 nitrogen and oxygen atoms in total. The van der Waals surface area contributed by atoms with E-state index in [1.54, 1.807) is 6.33 Å². The summed E-state index contributed by atoms with van der Waals surface area (Å²) in [5.41, 5.74) is 4.88. The van der Waals surface area contributed by atoms with Gasteiger partial charge < -0.3 is 14.3 Å². The molecule has 0 spiro atoms. The van der Waals surface area contributed by atoms with Crippen LogP contribution in [0, 0.1) is 12.7 Å². The van der Waals surface area contributed by atoms with Gasteiger partial charge in [-0.15, -0.1) is 5.10 Å². The molecule has 31 heavy (non-hydrogen) atoms. The van der Waals surface area contributed by atoms with Crippen LogP contribution in [-0.4, -0.2) is 41.3 Å². The summed E-state index contributed by atoms with van der Waals surface area (Å²) in [4.78, 5) is 13.8. The third kappa shape index (κ3) is 2.79. The number of nitrogens with zero attached hydrogens (tertiary/aromatic N) is 7. The first-order chi connectivity index (χ1) is 15.2. The number of hydrogen-bond acceptors (Lipinski definition) is 7. The number of aromatic amines is 1. The maximum Gasteiger partial charge on any atom is 0.319 e. The van der Waals surface area contributed by atoms with E-state index < -0.39 is 5.82 Å². The summed E-state index contributed by atoms with van der Waals surface area (Å²) in [5, 5.41) is 13.0. The molecular formula is C21H17FN8O. The molecule has 6 rings (SSSR count). The normalized spacial score (nSPS) is 16.1. The summed E-state index contributed by atoms with van der Waals surface area (Å²) >= 11 is 0. The minimum atomic E-state index is -0.515. The van der Waals surface area contributed by atoms with E-state index in [0.29, 0.717) is 6.54 Å². The van der Waals surface area contributed by atoms with E-state index in [4.69, 9.17) is 9.52 Å². The minimum Gasteiger partial charge on any atom is -0.401 e. The Kier molecular flexibility index (Phi) is 3.85. The molecule has 0 fully saturated rings. The van der Waals surface area contributed by atoms with Gasteiger partial charge in [0.05, 0.1) is 23.2 Å². The Morgan fingerprint density at radius 1 is 1.19 bits per heavy atom. The van der Waals surface area contributed by atoms with Crippen LogP contribution in [0.4, 0.5) is 10.4 Å². The van der Waals surface area contributed by atoms with Gasteiger partial charge in [0, 0.05) is 31.1 Å². The lowest BCUT2D eigenvalue weighted by Gasteiger charge is -2.32. The first kappa shape index (κ1) is 17.8. The summed E-state index contributed by atoms with van der Waals surface area (Å²) in [7, 11) is 0. The van der Waals surface area contributed by atoms with Crippen molar-refractivity contribution in [3.05, 3.63) is 77.5 Å². The quantitative estimate of drug-likeness (QED) is 0.482. The maximum atomic E-state index is 14.1. The van der Waals surface area contributed by atoms with Gasteiger partial charge in [0.2, 0.25) is 0 Å². The van der Waals surface area contributed by atoms with Crippen molar-refractivity contribution in [2.75, 3.05) is 11.4 Å². The lowest BCUT2D eigenvalue weighted by atomic mass is 10.00. The number of nitrogens with one attached hydrogen (secondary N) is 1. The van der Waals surface area contributed by atoms with Crippen LogP contribution in [0.15, 0.2) is 53.5 Å². The monoisotopic (exact) mass is 416 g/mol. The van der Waals surface area contributed by atoms with Crippen molar-refractivity contribution in [3.8, 4) is 11.6 Å². The first-order valence-corrected chi connectivity index (χ1v) is 9.87. The summed E-state index contributed by atoms with van der Waals surface area (Å²) in [6, 6.07) is 8.83. The summed E-state index contributed by atoms with van der Waals surface area (Å²) < 4.78 is 21.9. The molecule has 0 aliphatic carbocycles. The molecule has 0 aromatic carbocycles. The SMILES string of the molecule is Cc1cccn2nc([C@@H]3c4nc[nH]c4CCN3c3nnc(-c4ncccc4F)o3)cc12. The topological polar surface area (TPSA) is 101 Å². The van der Waals surface area contributed by atoms with Crippen LogP contribution in [0.2, 0.25) is 0 Å². The van der Waals surface area contributed by atoms with Crippen molar-refractivity contribution in [3.63, 3.8) is 0 Å². The number of imidazole rings is 1. The molecule has 0 saturated heterocycles. The second-order valence-corrected chi connectivity index (χ2v) is 7.43. The molecule has 5 aromatic rings. The van der Waals surface area contributed by atoms with Gasteiger partial charge in [-0.1, -0.05) is 11.2 Å². The zero-order valence-corrected chi connectivity index (χ0v) is 16.5. The minimum absolute atomic E-state index is 0.0265. The number of H-pyrrole nitrogens is 1. The van der Waals surface area contributed by atoms with Gasteiger partial charge in [-0.3, -0.25) is 0 Å². The number of anilines is 1. The lowest BCUT2D eigenvalue weighted by Crippen LogP contribution is -2.36. The highest BCUT2D eigenvalue weighted by Gasteiger charge is 2.36. The highest BCUT2D eigenvalue weighted by Crippen LogP contribution is 2.37. The number of fused-ring (bicyclic) bond motifs is 2. The van der Waals surface area contributed by atoms with Gasteiger partial charge >= 0.3 is 6.01 Å². The Labute approximate surface area is 175 Å². The number of hydrogen-bond donors (Lipinski definition) is 1. The van der Waals surface area contributed by atoms with Crippen molar-refractivity contribution >= 4 is 11.5 Å². The van der Waals surface area contributed by atoms with Gasteiger partial charge in [0.25, 0.3) is 5.89 Å². The summed E-state index contributed by atoms with van der Waals surface area (Å²) in [6.45, 7) is 2.66. The zero-order valence-electron chi connectivity index (χ0n) is 16.5. The van der Waals surface area contributed by atoms with Crippen molar-refractivity contribution in [1.29, 1.82) is 0 Å². The highest BCUT2D eigenvalue weighted by atomic mass is 19.1. The molecule has 0 unspecified atom stereocenters. The molecular weight excluding hydrogens is 399 g/mol. The second kappa shape index (κ2) is 6.73. The van der Waals surface area contributed by atoms with Crippen molar-refractivity contribution in [1.82, 2.24) is 34.8 Å². The van der Waals surface area contributed by atoms with Crippen LogP contribution >= 0.6 is 0 Å². The predicted molar refractivity (Wildman–Crippen MR) is 109 cm³/mol. The first-order valence-electron chi connectivity index (χ1n) is 9.87. The molecule has 154 valence electrons. The van der Waals surface area contributed by atoms with Crippen LogP contribution < -0.4 is 4.90 Å². The molecule has 0 radical (unpaired) electrons. The van der Waals surface area contributed by atoms with Crippen LogP contribution in [0.25, 0.3) is 17.1 Å². The van der Waals surface area contributed by atoms with Crippen molar-refractivity contribution < 1.29 is 8.81 Å². The van der Waals surface area contributed by atoms with E-state index in [0.717, 1.165) is 34.6 Å². The summed E-state index contributed by atoms with van der Waals surface area (Å²) in [6.07, 6.45) is 5.82. The van der Waals surface area contributed by atoms with Gasteiger partial charge in [0.15, 0.2) is 11.5 Å². The highest BCUT2D eigenvalue weighted by molar-refractivity contribution is 5.57. The molecule has 1 aliphatic rings. The zero-order chi connectivity index (χ0) is 20.9. The van der Waals surface area contributed by atoms with Crippen LogP contribution in [0.5, 0.6) is 0 Å². The van der Waals surface area contributed by atoms with E-state index in [-0.39, 0.29) is 23.6 Å². The molecule has 0 bridgehead atoms. The molecule has 10 heteroatoms. The number of aromatic nitrogens is 7. The average molecular weight is 416 g/mol. The molecule has 6 heterocycles. The average Bonchev–Trinajstić information content (AvgIpc) is 3.52. The van der Waals surface area contributed by atoms with Gasteiger partial charge in [-0.05, 0) is 36.8 Å². The Bertz CT molecular complexity index is 1400. The molecule has 5 aromatic heterocycles. The third-order valence-corrected chi connectivity index (χ3v) is 5.56. The van der Waals surface area contributed by atoms with Crippen LogP contribution in [-0.2, 0) is 6.42 Å². The standard InChI is InChI=1S/C21H17FN8O/c1-12-4-3-8-30-16(12)10-15(28-30)19-18-14(24-11-25-18)6-9-29(19)21-27-26-20(31-21)17-13(22)5-2-7-23-17/h2-5,7-8,10-11,19H,6,9H2,1H3,(H,24,25)/t19-/m1/s1. The Morgan fingerprint density at radius 3 is 3.00 bits per heavy atom. The van der Waals surface area contributed by atoms with E-state index in [9.17, 15) is 4.39 Å². The van der Waals surface area contributed by atoms with E-state index in [1.165, 1.54) is 18.3 Å². The smallest absolute Gasteiger partial charge is 0.319 e. The van der Waals surface area contributed by atoms with Crippen LogP contribution in [0.3, 0.4) is 0 Å².